The van der Waals surface area contributed by atoms with Gasteiger partial charge in [-0.3, -0.25) is 24.8 Å². The van der Waals surface area contributed by atoms with Gasteiger partial charge in [0.05, 0.1) is 34.3 Å². The van der Waals surface area contributed by atoms with Crippen molar-refractivity contribution in [3.8, 4) is 0 Å². The number of amides is 1. The Balaban J connectivity index is 1.33. The summed E-state index contributed by atoms with van der Waals surface area (Å²) in [5, 5.41) is 12.7. The van der Waals surface area contributed by atoms with Crippen molar-refractivity contribution in [2.45, 2.75) is 6.42 Å². The van der Waals surface area contributed by atoms with Crippen LogP contribution in [0.5, 0.6) is 0 Å². The number of pyridine rings is 1. The Morgan fingerprint density at radius 2 is 1.83 bits per heavy atom. The van der Waals surface area contributed by atoms with Crippen molar-refractivity contribution in [3.05, 3.63) is 49.1 Å². The summed E-state index contributed by atoms with van der Waals surface area (Å²) in [6.45, 7) is 4.28. The van der Waals surface area contributed by atoms with Crippen LogP contribution in [0.1, 0.15) is 6.42 Å². The third-order valence-corrected chi connectivity index (χ3v) is 5.32. The smallest absolute Gasteiger partial charge is 0.272 e. The van der Waals surface area contributed by atoms with E-state index in [1.165, 1.54) is 0 Å². The van der Waals surface area contributed by atoms with Gasteiger partial charge in [-0.25, -0.2) is 0 Å². The number of anilines is 3. The molecule has 0 aliphatic carbocycles. The molecule has 2 aliphatic rings. The predicted molar refractivity (Wildman–Crippen MR) is 117 cm³/mol. The van der Waals surface area contributed by atoms with Crippen LogP contribution in [0, 0.1) is 0 Å². The van der Waals surface area contributed by atoms with Gasteiger partial charge >= 0.3 is 0 Å². The van der Waals surface area contributed by atoms with E-state index in [1.807, 2.05) is 29.3 Å². The highest BCUT2D eigenvalue weighted by Crippen LogP contribution is 2.26. The summed E-state index contributed by atoms with van der Waals surface area (Å²) in [6, 6.07) is 7.75. The maximum atomic E-state index is 12.9. The summed E-state index contributed by atoms with van der Waals surface area (Å²) >= 11 is 0. The molecule has 0 unspecified atom stereocenters. The number of hydrazone groups is 1. The summed E-state index contributed by atoms with van der Waals surface area (Å²) in [5.41, 5.74) is 4.74. The third kappa shape index (κ3) is 3.67. The zero-order valence-corrected chi connectivity index (χ0v) is 16.5. The van der Waals surface area contributed by atoms with E-state index in [4.69, 9.17) is 0 Å². The highest BCUT2D eigenvalue weighted by Gasteiger charge is 2.23. The fraction of sp³-hybridized carbons (Fsp3) is 0.286. The first-order valence-electron chi connectivity index (χ1n) is 10.0. The first kappa shape index (κ1) is 18.4. The van der Waals surface area contributed by atoms with Gasteiger partial charge in [0, 0.05) is 57.7 Å². The van der Waals surface area contributed by atoms with E-state index >= 15 is 0 Å². The van der Waals surface area contributed by atoms with Crippen molar-refractivity contribution in [1.82, 2.24) is 20.3 Å². The van der Waals surface area contributed by atoms with Crippen molar-refractivity contribution >= 4 is 39.7 Å². The second kappa shape index (κ2) is 8.03. The molecule has 0 saturated carbocycles. The molecule has 0 bridgehead atoms. The van der Waals surface area contributed by atoms with Crippen LogP contribution in [0.2, 0.25) is 0 Å². The first-order valence-corrected chi connectivity index (χ1v) is 10.0. The first-order chi connectivity index (χ1) is 14.8. The number of fused-ring (bicyclic) bond motifs is 1. The molecule has 2 aliphatic heterocycles. The number of piperazine rings is 1. The van der Waals surface area contributed by atoms with Crippen LogP contribution in [0.4, 0.5) is 17.1 Å². The van der Waals surface area contributed by atoms with Crippen LogP contribution in [0.15, 0.2) is 54.2 Å². The van der Waals surface area contributed by atoms with Gasteiger partial charge < -0.3 is 15.5 Å². The molecule has 1 amide bonds. The molecule has 152 valence electrons. The van der Waals surface area contributed by atoms with Crippen molar-refractivity contribution in [2.75, 3.05) is 47.9 Å². The van der Waals surface area contributed by atoms with Crippen LogP contribution in [-0.2, 0) is 4.79 Å². The van der Waals surface area contributed by atoms with Crippen molar-refractivity contribution < 1.29 is 4.79 Å². The van der Waals surface area contributed by atoms with Gasteiger partial charge in [-0.2, -0.15) is 5.10 Å². The second-order valence-electron chi connectivity index (χ2n) is 7.23. The maximum Gasteiger partial charge on any atom is 0.272 e. The number of aromatic nitrogens is 3. The van der Waals surface area contributed by atoms with Crippen LogP contribution in [-0.4, -0.2) is 59.3 Å². The van der Waals surface area contributed by atoms with Crippen LogP contribution >= 0.6 is 0 Å². The lowest BCUT2D eigenvalue weighted by molar-refractivity contribution is -0.110. The fourth-order valence-corrected chi connectivity index (χ4v) is 3.77. The lowest BCUT2D eigenvalue weighted by Gasteiger charge is -2.30. The number of carbonyl (C=O) groups is 1. The molecule has 0 spiro atoms. The molecule has 0 atom stereocenters. The molecule has 1 aromatic carbocycles. The Labute approximate surface area is 173 Å². The maximum absolute atomic E-state index is 12.9. The summed E-state index contributed by atoms with van der Waals surface area (Å²) in [5.74, 6) is -0.192. The van der Waals surface area contributed by atoms with E-state index in [9.17, 15) is 4.79 Å². The third-order valence-electron chi connectivity index (χ3n) is 5.32. The van der Waals surface area contributed by atoms with Gasteiger partial charge in [0.15, 0.2) is 0 Å². The Morgan fingerprint density at radius 3 is 2.70 bits per heavy atom. The van der Waals surface area contributed by atoms with Gasteiger partial charge in [0.2, 0.25) is 0 Å². The Hall–Kier alpha value is -3.59. The molecule has 2 aromatic heterocycles. The average Bonchev–Trinajstić information content (AvgIpc) is 3.30. The van der Waals surface area contributed by atoms with Gasteiger partial charge in [0.25, 0.3) is 5.91 Å². The number of carbonyl (C=O) groups excluding carboxylic acids is 1. The lowest BCUT2D eigenvalue weighted by Crippen LogP contribution is -2.43. The predicted octanol–water partition coefficient (Wildman–Crippen LogP) is 1.64. The normalized spacial score (nSPS) is 16.6. The highest BCUT2D eigenvalue weighted by molar-refractivity contribution is 6.44. The van der Waals surface area contributed by atoms with Gasteiger partial charge in [-0.05, 0) is 24.3 Å². The number of hydrogen-bond donors (Lipinski definition) is 2. The standard InChI is InChI=1S/C21H22N8O/c30-21(26-19-14-23-5-3-20(19)28-11-8-22-9-12-28)17-4-10-29(27-17)15-1-2-16-18(13-15)25-7-6-24-16/h1-3,5-7,13-14,22H,4,8-12H2,(H,26,30). The van der Waals surface area contributed by atoms with E-state index in [2.05, 4.69) is 35.6 Å². The van der Waals surface area contributed by atoms with Gasteiger partial charge in [-0.15, -0.1) is 0 Å². The van der Waals surface area contributed by atoms with E-state index in [0.717, 1.165) is 48.6 Å². The molecule has 5 rings (SSSR count). The Morgan fingerprint density at radius 1 is 1.00 bits per heavy atom. The average molecular weight is 402 g/mol. The van der Waals surface area contributed by atoms with Crippen molar-refractivity contribution in [1.29, 1.82) is 0 Å². The highest BCUT2D eigenvalue weighted by atomic mass is 16.2. The minimum atomic E-state index is -0.192. The van der Waals surface area contributed by atoms with Crippen molar-refractivity contribution in [3.63, 3.8) is 0 Å². The van der Waals surface area contributed by atoms with E-state index in [0.29, 0.717) is 24.4 Å². The van der Waals surface area contributed by atoms with Crippen LogP contribution < -0.4 is 20.5 Å². The molecule has 4 heterocycles. The minimum absolute atomic E-state index is 0.192. The van der Waals surface area contributed by atoms with E-state index in [1.54, 1.807) is 24.8 Å². The Bertz CT molecular complexity index is 1110. The van der Waals surface area contributed by atoms with Gasteiger partial charge in [0.1, 0.15) is 5.71 Å². The second-order valence-corrected chi connectivity index (χ2v) is 7.23. The van der Waals surface area contributed by atoms with Crippen molar-refractivity contribution in [2.24, 2.45) is 5.10 Å². The number of benzene rings is 1. The quantitative estimate of drug-likeness (QED) is 0.684. The number of nitrogens with one attached hydrogen (secondary N) is 2. The molecule has 2 N–H and O–H groups in total. The lowest BCUT2D eigenvalue weighted by atomic mass is 10.2. The zero-order valence-electron chi connectivity index (χ0n) is 16.5. The molecule has 0 radical (unpaired) electrons. The summed E-state index contributed by atoms with van der Waals surface area (Å²) in [6.07, 6.45) is 7.37. The molecule has 3 aromatic rings. The molecular weight excluding hydrogens is 380 g/mol. The van der Waals surface area contributed by atoms with Gasteiger partial charge in [-0.1, -0.05) is 0 Å². The van der Waals surface area contributed by atoms with E-state index < -0.39 is 0 Å². The molecular formula is C21H22N8O. The zero-order chi connectivity index (χ0) is 20.3. The number of rotatable bonds is 4. The molecule has 9 nitrogen and oxygen atoms in total. The minimum Gasteiger partial charge on any atom is -0.367 e. The molecule has 9 heteroatoms. The number of hydrogen-bond acceptors (Lipinski definition) is 8. The Kier molecular flexibility index (Phi) is 4.94. The van der Waals surface area contributed by atoms with E-state index in [-0.39, 0.29) is 5.91 Å². The monoisotopic (exact) mass is 402 g/mol. The topological polar surface area (TPSA) is 98.6 Å². The molecule has 1 saturated heterocycles. The van der Waals surface area contributed by atoms with Crippen LogP contribution in [0.3, 0.4) is 0 Å². The molecule has 1 fully saturated rings. The summed E-state index contributed by atoms with van der Waals surface area (Å²) in [4.78, 5) is 28.0. The molecule has 30 heavy (non-hydrogen) atoms. The van der Waals surface area contributed by atoms with Crippen LogP contribution in [0.25, 0.3) is 11.0 Å². The fourth-order valence-electron chi connectivity index (χ4n) is 3.77. The number of nitrogens with zero attached hydrogens (tertiary/aromatic N) is 6. The SMILES string of the molecule is O=C(Nc1cnccc1N1CCNCC1)C1=NN(c2ccc3nccnc3c2)CC1. The summed E-state index contributed by atoms with van der Waals surface area (Å²) in [7, 11) is 0. The largest absolute Gasteiger partial charge is 0.367 e. The summed E-state index contributed by atoms with van der Waals surface area (Å²) < 4.78 is 0.